The fourth-order valence-corrected chi connectivity index (χ4v) is 0.948. The van der Waals surface area contributed by atoms with Crippen LogP contribution in [0.4, 0.5) is 0 Å². The van der Waals surface area contributed by atoms with Crippen molar-refractivity contribution < 1.29 is 34.4 Å². The Hall–Kier alpha value is -1.47. The quantitative estimate of drug-likeness (QED) is 0.289. The summed E-state index contributed by atoms with van der Waals surface area (Å²) in [5.41, 5.74) is 0. The van der Waals surface area contributed by atoms with Gasteiger partial charge in [-0.2, -0.15) is 0 Å². The van der Waals surface area contributed by atoms with Gasteiger partial charge in [-0.3, -0.25) is 4.79 Å². The van der Waals surface area contributed by atoms with Gasteiger partial charge < -0.3 is 20.1 Å². The molecule has 0 aliphatic heterocycles. The molecule has 7 heteroatoms. The van der Waals surface area contributed by atoms with Crippen LogP contribution in [0.1, 0.15) is 26.2 Å². The van der Waals surface area contributed by atoms with Crippen LogP contribution in [0, 0.1) is 0 Å². The van der Waals surface area contributed by atoms with Crippen LogP contribution >= 0.6 is 0 Å². The summed E-state index contributed by atoms with van der Waals surface area (Å²) in [5, 5.41) is 26.7. The van der Waals surface area contributed by atoms with E-state index >= 15 is 0 Å². The van der Waals surface area contributed by atoms with E-state index in [0.29, 0.717) is 6.42 Å². The zero-order valence-electron chi connectivity index (χ0n) is 9.46. The number of ether oxygens (including phenoxy) is 1. The Morgan fingerprint density at radius 3 is 2.29 bits per heavy atom. The second kappa shape index (κ2) is 7.75. The number of unbranched alkanes of at least 4 members (excludes halogenated alkanes) is 1. The molecule has 7 nitrogen and oxygen atoms in total. The van der Waals surface area contributed by atoms with Crippen molar-refractivity contribution in [3.05, 3.63) is 0 Å². The summed E-state index contributed by atoms with van der Waals surface area (Å²) in [7, 11) is 0. The lowest BCUT2D eigenvalue weighted by molar-refractivity contribution is -0.162. The van der Waals surface area contributed by atoms with Crippen LogP contribution in [0.15, 0.2) is 0 Å². The minimum atomic E-state index is -1.91. The van der Waals surface area contributed by atoms with Crippen LogP contribution in [0.2, 0.25) is 0 Å². The first-order valence-corrected chi connectivity index (χ1v) is 5.19. The second-order valence-electron chi connectivity index (χ2n) is 3.47. The highest BCUT2D eigenvalue weighted by Crippen LogP contribution is 2.03. The molecule has 2 atom stereocenters. The molecule has 0 fully saturated rings. The molecular formula is C10H16O7. The predicted molar refractivity (Wildman–Crippen MR) is 55.1 cm³/mol. The Balaban J connectivity index is 4.11. The van der Waals surface area contributed by atoms with Crippen molar-refractivity contribution in [2.75, 3.05) is 6.61 Å². The number of hydrogen-bond donors (Lipinski definition) is 3. The first-order chi connectivity index (χ1) is 7.90. The molecule has 0 amide bonds. The van der Waals surface area contributed by atoms with E-state index < -0.39 is 36.4 Å². The molecule has 0 aromatic rings. The van der Waals surface area contributed by atoms with Gasteiger partial charge in [0, 0.05) is 6.42 Å². The van der Waals surface area contributed by atoms with Crippen LogP contribution < -0.4 is 0 Å². The minimum absolute atomic E-state index is 0.103. The average Bonchev–Trinajstić information content (AvgIpc) is 2.27. The van der Waals surface area contributed by atoms with E-state index in [-0.39, 0.29) is 6.61 Å². The topological polar surface area (TPSA) is 121 Å². The average molecular weight is 248 g/mol. The molecule has 17 heavy (non-hydrogen) atoms. The SMILES string of the molecule is CCCCOC(=O)[C@H](O)[C@@H](O)CC(=O)C(=O)O. The van der Waals surface area contributed by atoms with Crippen molar-refractivity contribution in [3.8, 4) is 0 Å². The fourth-order valence-electron chi connectivity index (χ4n) is 0.948. The number of carbonyl (C=O) groups is 3. The molecule has 0 aromatic carbocycles. The predicted octanol–water partition coefficient (Wildman–Crippen LogP) is -0.905. The zero-order chi connectivity index (χ0) is 13.4. The number of aliphatic hydroxyl groups is 2. The van der Waals surface area contributed by atoms with Crippen LogP contribution in [0.25, 0.3) is 0 Å². The summed E-state index contributed by atoms with van der Waals surface area (Å²) in [6, 6.07) is 0. The molecule has 0 spiro atoms. The molecule has 0 rings (SSSR count). The van der Waals surface area contributed by atoms with Gasteiger partial charge in [0.2, 0.25) is 5.78 Å². The maximum absolute atomic E-state index is 11.1. The number of hydrogen-bond acceptors (Lipinski definition) is 6. The van der Waals surface area contributed by atoms with Crippen molar-refractivity contribution in [1.29, 1.82) is 0 Å². The molecule has 0 saturated carbocycles. The molecule has 0 radical (unpaired) electrons. The number of aliphatic carboxylic acids is 1. The van der Waals surface area contributed by atoms with Gasteiger partial charge in [0.1, 0.15) is 0 Å². The lowest BCUT2D eigenvalue weighted by atomic mass is 10.1. The normalized spacial score (nSPS) is 13.8. The molecular weight excluding hydrogens is 232 g/mol. The maximum atomic E-state index is 11.1. The Labute approximate surface area is 98.0 Å². The highest BCUT2D eigenvalue weighted by molar-refractivity contribution is 6.32. The summed E-state index contributed by atoms with van der Waals surface area (Å²) < 4.78 is 4.60. The monoisotopic (exact) mass is 248 g/mol. The second-order valence-corrected chi connectivity index (χ2v) is 3.47. The summed E-state index contributed by atoms with van der Waals surface area (Å²) >= 11 is 0. The third kappa shape index (κ3) is 5.98. The molecule has 0 aromatic heterocycles. The van der Waals surface area contributed by atoms with E-state index in [4.69, 9.17) is 5.11 Å². The lowest BCUT2D eigenvalue weighted by Crippen LogP contribution is -2.38. The van der Waals surface area contributed by atoms with Gasteiger partial charge in [0.05, 0.1) is 12.7 Å². The van der Waals surface area contributed by atoms with Crippen LogP contribution in [0.3, 0.4) is 0 Å². The smallest absolute Gasteiger partial charge is 0.372 e. The van der Waals surface area contributed by atoms with Crippen LogP contribution in [-0.2, 0) is 19.1 Å². The zero-order valence-corrected chi connectivity index (χ0v) is 9.46. The summed E-state index contributed by atoms with van der Waals surface area (Å²) in [6.45, 7) is 1.98. The lowest BCUT2D eigenvalue weighted by Gasteiger charge is -2.15. The molecule has 0 unspecified atom stereocenters. The molecule has 0 saturated heterocycles. The van der Waals surface area contributed by atoms with Gasteiger partial charge >= 0.3 is 11.9 Å². The summed E-state index contributed by atoms with van der Waals surface area (Å²) in [4.78, 5) is 32.0. The maximum Gasteiger partial charge on any atom is 0.372 e. The van der Waals surface area contributed by atoms with E-state index in [9.17, 15) is 24.6 Å². The fraction of sp³-hybridized carbons (Fsp3) is 0.700. The number of esters is 1. The van der Waals surface area contributed by atoms with E-state index in [0.717, 1.165) is 6.42 Å². The number of rotatable bonds is 8. The van der Waals surface area contributed by atoms with Crippen molar-refractivity contribution in [3.63, 3.8) is 0 Å². The molecule has 98 valence electrons. The van der Waals surface area contributed by atoms with Gasteiger partial charge in [-0.1, -0.05) is 13.3 Å². The minimum Gasteiger partial charge on any atom is -0.475 e. The van der Waals surface area contributed by atoms with E-state index in [2.05, 4.69) is 4.74 Å². The number of carboxylic acid groups (broad SMARTS) is 1. The van der Waals surface area contributed by atoms with Gasteiger partial charge in [-0.05, 0) is 6.42 Å². The Morgan fingerprint density at radius 1 is 1.24 bits per heavy atom. The molecule has 0 heterocycles. The first-order valence-electron chi connectivity index (χ1n) is 5.19. The Bertz CT molecular complexity index is 286. The third-order valence-electron chi connectivity index (χ3n) is 1.98. The van der Waals surface area contributed by atoms with Crippen LogP contribution in [-0.4, -0.2) is 51.9 Å². The molecule has 0 bridgehead atoms. The first kappa shape index (κ1) is 15.5. The molecule has 3 N–H and O–H groups in total. The third-order valence-corrected chi connectivity index (χ3v) is 1.98. The van der Waals surface area contributed by atoms with Crippen molar-refractivity contribution >= 4 is 17.7 Å². The van der Waals surface area contributed by atoms with Gasteiger partial charge in [0.25, 0.3) is 0 Å². The Kier molecular flexibility index (Phi) is 7.08. The molecule has 0 aliphatic rings. The summed E-state index contributed by atoms with van der Waals surface area (Å²) in [6.07, 6.45) is -3.10. The van der Waals surface area contributed by atoms with Crippen molar-refractivity contribution in [2.24, 2.45) is 0 Å². The number of Topliss-reactive ketones (excluding diaryl/α,β-unsaturated/α-hetero) is 1. The van der Waals surface area contributed by atoms with Gasteiger partial charge in [0.15, 0.2) is 6.10 Å². The Morgan fingerprint density at radius 2 is 1.82 bits per heavy atom. The standard InChI is InChI=1S/C10H16O7/c1-2-3-4-17-10(16)8(13)6(11)5-7(12)9(14)15/h6,8,11,13H,2-5H2,1H3,(H,14,15)/t6-,8+/m0/s1. The number of carbonyl (C=O) groups excluding carboxylic acids is 2. The summed E-state index contributed by atoms with van der Waals surface area (Å²) in [5.74, 6) is -4.07. The van der Waals surface area contributed by atoms with Crippen LogP contribution in [0.5, 0.6) is 0 Å². The highest BCUT2D eigenvalue weighted by atomic mass is 16.5. The van der Waals surface area contributed by atoms with Gasteiger partial charge in [-0.15, -0.1) is 0 Å². The van der Waals surface area contributed by atoms with Gasteiger partial charge in [-0.25, -0.2) is 9.59 Å². The number of aliphatic hydroxyl groups excluding tert-OH is 2. The largest absolute Gasteiger partial charge is 0.475 e. The number of carboxylic acids is 1. The van der Waals surface area contributed by atoms with E-state index in [1.54, 1.807) is 0 Å². The van der Waals surface area contributed by atoms with E-state index in [1.165, 1.54) is 0 Å². The van der Waals surface area contributed by atoms with E-state index in [1.807, 2.05) is 6.92 Å². The van der Waals surface area contributed by atoms with Crippen molar-refractivity contribution in [1.82, 2.24) is 0 Å². The van der Waals surface area contributed by atoms with Crippen molar-refractivity contribution in [2.45, 2.75) is 38.4 Å². The number of ketones is 1. The highest BCUT2D eigenvalue weighted by Gasteiger charge is 2.29. The molecule has 0 aliphatic carbocycles.